The zero-order valence-electron chi connectivity index (χ0n) is 11.8. The van der Waals surface area contributed by atoms with Crippen molar-refractivity contribution in [3.8, 4) is 0 Å². The molecule has 1 fully saturated rings. The van der Waals surface area contributed by atoms with Crippen molar-refractivity contribution in [1.82, 2.24) is 4.90 Å². The molecule has 0 bridgehead atoms. The van der Waals surface area contributed by atoms with Crippen LogP contribution in [0.25, 0.3) is 0 Å². The highest BCUT2D eigenvalue weighted by atomic mass is 16.2. The van der Waals surface area contributed by atoms with Gasteiger partial charge < -0.3 is 4.90 Å². The van der Waals surface area contributed by atoms with Gasteiger partial charge >= 0.3 is 0 Å². The summed E-state index contributed by atoms with van der Waals surface area (Å²) in [5.41, 5.74) is 0.438. The summed E-state index contributed by atoms with van der Waals surface area (Å²) in [5, 5.41) is 0. The molecule has 0 radical (unpaired) electrons. The summed E-state index contributed by atoms with van der Waals surface area (Å²) in [5.74, 6) is 0.996. The van der Waals surface area contributed by atoms with Gasteiger partial charge in [0, 0.05) is 19.5 Å². The van der Waals surface area contributed by atoms with E-state index in [2.05, 4.69) is 46.4 Å². The Bertz CT molecular complexity index is 257. The van der Waals surface area contributed by atoms with E-state index in [9.17, 15) is 4.79 Å². The number of amides is 1. The molecule has 0 aromatic rings. The molecule has 0 spiro atoms. The first-order valence-electron chi connectivity index (χ1n) is 6.37. The van der Waals surface area contributed by atoms with Gasteiger partial charge in [-0.15, -0.1) is 0 Å². The fourth-order valence-electron chi connectivity index (χ4n) is 2.26. The Labute approximate surface area is 100 Å². The average molecular weight is 225 g/mol. The van der Waals surface area contributed by atoms with Crippen LogP contribution < -0.4 is 0 Å². The molecule has 1 aliphatic rings. The van der Waals surface area contributed by atoms with Crippen LogP contribution in [0.4, 0.5) is 0 Å². The normalized spacial score (nSPS) is 22.6. The SMILES string of the molecule is CC(C)(C)CC(=O)N1CCC(C(C)(C)C)C1. The van der Waals surface area contributed by atoms with Crippen LogP contribution in [0.5, 0.6) is 0 Å². The molecule has 2 nitrogen and oxygen atoms in total. The van der Waals surface area contributed by atoms with Crippen LogP contribution in [0.15, 0.2) is 0 Å². The number of rotatable bonds is 1. The number of hydrogen-bond donors (Lipinski definition) is 0. The van der Waals surface area contributed by atoms with Gasteiger partial charge in [0.25, 0.3) is 0 Å². The molecule has 1 aliphatic heterocycles. The van der Waals surface area contributed by atoms with Crippen molar-refractivity contribution in [2.24, 2.45) is 16.7 Å². The second-order valence-electron chi connectivity index (χ2n) is 7.43. The number of carbonyl (C=O) groups is 1. The zero-order chi connectivity index (χ0) is 12.6. The molecule has 0 saturated carbocycles. The van der Waals surface area contributed by atoms with Gasteiger partial charge in [0.05, 0.1) is 0 Å². The molecule has 1 rings (SSSR count). The molecule has 2 heteroatoms. The topological polar surface area (TPSA) is 20.3 Å². The van der Waals surface area contributed by atoms with Gasteiger partial charge in [-0.2, -0.15) is 0 Å². The van der Waals surface area contributed by atoms with E-state index in [0.29, 0.717) is 23.7 Å². The van der Waals surface area contributed by atoms with Crippen molar-refractivity contribution >= 4 is 5.91 Å². The molecular formula is C14H27NO. The van der Waals surface area contributed by atoms with E-state index in [1.807, 2.05) is 0 Å². The molecule has 0 aromatic carbocycles. The summed E-state index contributed by atoms with van der Waals surface area (Å²) in [6, 6.07) is 0. The Balaban J connectivity index is 2.51. The first kappa shape index (κ1) is 13.5. The van der Waals surface area contributed by atoms with Crippen LogP contribution in [0.2, 0.25) is 0 Å². The van der Waals surface area contributed by atoms with Crippen LogP contribution >= 0.6 is 0 Å². The Morgan fingerprint density at radius 1 is 1.19 bits per heavy atom. The van der Waals surface area contributed by atoms with Crippen LogP contribution in [-0.2, 0) is 4.79 Å². The number of carbonyl (C=O) groups excluding carboxylic acids is 1. The Hall–Kier alpha value is -0.530. The lowest BCUT2D eigenvalue weighted by atomic mass is 9.80. The molecule has 16 heavy (non-hydrogen) atoms. The number of hydrogen-bond acceptors (Lipinski definition) is 1. The first-order chi connectivity index (χ1) is 7.09. The molecule has 1 amide bonds. The van der Waals surface area contributed by atoms with E-state index in [-0.39, 0.29) is 5.41 Å². The lowest BCUT2D eigenvalue weighted by Crippen LogP contribution is -2.33. The van der Waals surface area contributed by atoms with E-state index in [1.165, 1.54) is 6.42 Å². The minimum Gasteiger partial charge on any atom is -0.342 e. The van der Waals surface area contributed by atoms with Gasteiger partial charge in [0.1, 0.15) is 0 Å². The summed E-state index contributed by atoms with van der Waals surface area (Å²) in [4.78, 5) is 14.1. The molecule has 94 valence electrons. The lowest BCUT2D eigenvalue weighted by Gasteiger charge is -2.28. The van der Waals surface area contributed by atoms with Crippen molar-refractivity contribution in [1.29, 1.82) is 0 Å². The molecular weight excluding hydrogens is 198 g/mol. The quantitative estimate of drug-likeness (QED) is 0.670. The van der Waals surface area contributed by atoms with Crippen molar-refractivity contribution in [3.05, 3.63) is 0 Å². The minimum absolute atomic E-state index is 0.108. The summed E-state index contributed by atoms with van der Waals surface area (Å²) in [6.07, 6.45) is 1.84. The van der Waals surface area contributed by atoms with E-state index in [1.54, 1.807) is 0 Å². The predicted molar refractivity (Wildman–Crippen MR) is 68.2 cm³/mol. The Morgan fingerprint density at radius 2 is 1.75 bits per heavy atom. The summed E-state index contributed by atoms with van der Waals surface area (Å²) < 4.78 is 0. The fraction of sp³-hybridized carbons (Fsp3) is 0.929. The van der Waals surface area contributed by atoms with Gasteiger partial charge in [-0.3, -0.25) is 4.79 Å². The van der Waals surface area contributed by atoms with Crippen molar-refractivity contribution in [2.45, 2.75) is 54.4 Å². The second-order valence-corrected chi connectivity index (χ2v) is 7.43. The van der Waals surface area contributed by atoms with Crippen LogP contribution in [0.3, 0.4) is 0 Å². The van der Waals surface area contributed by atoms with E-state index in [4.69, 9.17) is 0 Å². The van der Waals surface area contributed by atoms with Crippen LogP contribution in [0.1, 0.15) is 54.4 Å². The lowest BCUT2D eigenvalue weighted by molar-refractivity contribution is -0.132. The van der Waals surface area contributed by atoms with Crippen molar-refractivity contribution in [2.75, 3.05) is 13.1 Å². The van der Waals surface area contributed by atoms with Crippen LogP contribution in [-0.4, -0.2) is 23.9 Å². The van der Waals surface area contributed by atoms with Crippen molar-refractivity contribution < 1.29 is 4.79 Å². The third kappa shape index (κ3) is 3.80. The molecule has 0 N–H and O–H groups in total. The third-order valence-electron chi connectivity index (χ3n) is 3.45. The largest absolute Gasteiger partial charge is 0.342 e. The average Bonchev–Trinajstić information content (AvgIpc) is 2.46. The predicted octanol–water partition coefficient (Wildman–Crippen LogP) is 3.32. The number of nitrogens with zero attached hydrogens (tertiary/aromatic N) is 1. The highest BCUT2D eigenvalue weighted by Gasteiger charge is 2.34. The monoisotopic (exact) mass is 225 g/mol. The highest BCUT2D eigenvalue weighted by Crippen LogP contribution is 2.34. The maximum atomic E-state index is 12.1. The Kier molecular flexibility index (Phi) is 3.71. The van der Waals surface area contributed by atoms with Gasteiger partial charge in [0.15, 0.2) is 0 Å². The van der Waals surface area contributed by atoms with E-state index >= 15 is 0 Å². The summed E-state index contributed by atoms with van der Waals surface area (Å²) >= 11 is 0. The molecule has 1 saturated heterocycles. The third-order valence-corrected chi connectivity index (χ3v) is 3.45. The Morgan fingerprint density at radius 3 is 2.12 bits per heavy atom. The summed E-state index contributed by atoms with van der Waals surface area (Å²) in [6.45, 7) is 15.1. The molecule has 0 aliphatic carbocycles. The number of likely N-dealkylation sites (tertiary alicyclic amines) is 1. The second kappa shape index (κ2) is 4.38. The van der Waals surface area contributed by atoms with Gasteiger partial charge in [0.2, 0.25) is 5.91 Å². The first-order valence-corrected chi connectivity index (χ1v) is 6.37. The highest BCUT2D eigenvalue weighted by molar-refractivity contribution is 5.77. The zero-order valence-corrected chi connectivity index (χ0v) is 11.8. The molecule has 1 heterocycles. The summed E-state index contributed by atoms with van der Waals surface area (Å²) in [7, 11) is 0. The molecule has 1 atom stereocenters. The van der Waals surface area contributed by atoms with Crippen molar-refractivity contribution in [3.63, 3.8) is 0 Å². The maximum absolute atomic E-state index is 12.1. The minimum atomic E-state index is 0.108. The smallest absolute Gasteiger partial charge is 0.223 e. The fourth-order valence-corrected chi connectivity index (χ4v) is 2.26. The standard InChI is InChI=1S/C14H27NO/c1-13(2,3)9-12(16)15-8-7-11(10-15)14(4,5)6/h11H,7-10H2,1-6H3. The van der Waals surface area contributed by atoms with Gasteiger partial charge in [-0.25, -0.2) is 0 Å². The van der Waals surface area contributed by atoms with Gasteiger partial charge in [-0.05, 0) is 23.2 Å². The van der Waals surface area contributed by atoms with E-state index < -0.39 is 0 Å². The maximum Gasteiger partial charge on any atom is 0.223 e. The van der Waals surface area contributed by atoms with Crippen LogP contribution in [0, 0.1) is 16.7 Å². The van der Waals surface area contributed by atoms with E-state index in [0.717, 1.165) is 13.1 Å². The van der Waals surface area contributed by atoms with Gasteiger partial charge in [-0.1, -0.05) is 41.5 Å². The molecule has 1 unspecified atom stereocenters. The molecule has 0 aromatic heterocycles.